The Kier molecular flexibility index (Phi) is 6.12. The number of phenolic OH excluding ortho intramolecular Hbond substituents is 1. The minimum absolute atomic E-state index is 0.0113. The van der Waals surface area contributed by atoms with E-state index >= 15 is 0 Å². The van der Waals surface area contributed by atoms with E-state index in [9.17, 15) is 9.90 Å². The maximum absolute atomic E-state index is 12.4. The minimum Gasteiger partial charge on any atom is -0.508 e. The maximum atomic E-state index is 12.4. The van der Waals surface area contributed by atoms with Gasteiger partial charge >= 0.3 is 0 Å². The van der Waals surface area contributed by atoms with Crippen LogP contribution in [-0.4, -0.2) is 42.7 Å². The Hall–Kier alpha value is -2.53. The number of carbonyl (C=O) groups excluding carboxylic acids is 1. The largest absolute Gasteiger partial charge is 0.508 e. The molecular weight excluding hydrogens is 328 g/mol. The van der Waals surface area contributed by atoms with Gasteiger partial charge in [0, 0.05) is 6.54 Å². The summed E-state index contributed by atoms with van der Waals surface area (Å²) >= 11 is 0. The van der Waals surface area contributed by atoms with E-state index in [4.69, 9.17) is 4.74 Å². The van der Waals surface area contributed by atoms with Gasteiger partial charge in [0.25, 0.3) is 0 Å². The molecule has 0 aromatic heterocycles. The van der Waals surface area contributed by atoms with Crippen molar-refractivity contribution in [2.24, 2.45) is 0 Å². The standard InChI is InChI=1S/C21H26N2O3/c1-26-19-6-4-5-17(14-19)20(23-11-2-3-12-23)15-22-21(25)13-16-7-9-18(24)10-8-16/h4-10,14,20,24H,2-3,11-13,15H2,1H3,(H,22,25). The third-order valence-corrected chi connectivity index (χ3v) is 4.85. The van der Waals surface area contributed by atoms with E-state index in [1.807, 2.05) is 12.1 Å². The first-order valence-electron chi connectivity index (χ1n) is 9.08. The zero-order valence-electron chi connectivity index (χ0n) is 15.1. The number of phenols is 1. The topological polar surface area (TPSA) is 61.8 Å². The van der Waals surface area contributed by atoms with Gasteiger partial charge in [0.15, 0.2) is 0 Å². The summed E-state index contributed by atoms with van der Waals surface area (Å²) in [5.74, 6) is 1.03. The Morgan fingerprint density at radius 1 is 1.19 bits per heavy atom. The maximum Gasteiger partial charge on any atom is 0.224 e. The molecule has 26 heavy (non-hydrogen) atoms. The highest BCUT2D eigenvalue weighted by Gasteiger charge is 2.24. The van der Waals surface area contributed by atoms with Crippen molar-refractivity contribution in [3.63, 3.8) is 0 Å². The molecule has 0 saturated carbocycles. The molecule has 5 nitrogen and oxygen atoms in total. The summed E-state index contributed by atoms with van der Waals surface area (Å²) < 4.78 is 5.36. The lowest BCUT2D eigenvalue weighted by atomic mass is 10.0. The van der Waals surface area contributed by atoms with Gasteiger partial charge in [-0.15, -0.1) is 0 Å². The molecule has 2 N–H and O–H groups in total. The second-order valence-electron chi connectivity index (χ2n) is 6.68. The predicted octanol–water partition coefficient (Wildman–Crippen LogP) is 2.90. The first-order valence-corrected chi connectivity index (χ1v) is 9.08. The molecule has 0 radical (unpaired) electrons. The van der Waals surface area contributed by atoms with E-state index in [0.717, 1.165) is 30.0 Å². The van der Waals surface area contributed by atoms with Crippen LogP contribution in [-0.2, 0) is 11.2 Å². The predicted molar refractivity (Wildman–Crippen MR) is 101 cm³/mol. The Bertz CT molecular complexity index is 724. The van der Waals surface area contributed by atoms with Gasteiger partial charge in [-0.3, -0.25) is 9.69 Å². The van der Waals surface area contributed by atoms with E-state index in [2.05, 4.69) is 22.3 Å². The smallest absolute Gasteiger partial charge is 0.224 e. The molecule has 1 saturated heterocycles. The number of likely N-dealkylation sites (tertiary alicyclic amines) is 1. The summed E-state index contributed by atoms with van der Waals surface area (Å²) in [6, 6.07) is 15.0. The summed E-state index contributed by atoms with van der Waals surface area (Å²) in [4.78, 5) is 14.8. The van der Waals surface area contributed by atoms with E-state index < -0.39 is 0 Å². The van der Waals surface area contributed by atoms with Gasteiger partial charge in [0.2, 0.25) is 5.91 Å². The number of rotatable bonds is 7. The van der Waals surface area contributed by atoms with Gasteiger partial charge in [0.1, 0.15) is 11.5 Å². The van der Waals surface area contributed by atoms with Crippen LogP contribution in [0.15, 0.2) is 48.5 Å². The Morgan fingerprint density at radius 2 is 1.92 bits per heavy atom. The lowest BCUT2D eigenvalue weighted by Crippen LogP contribution is -2.37. The van der Waals surface area contributed by atoms with Crippen molar-refractivity contribution in [1.82, 2.24) is 10.2 Å². The highest BCUT2D eigenvalue weighted by molar-refractivity contribution is 5.78. The number of benzene rings is 2. The van der Waals surface area contributed by atoms with Crippen molar-refractivity contribution in [3.8, 4) is 11.5 Å². The van der Waals surface area contributed by atoms with Crippen LogP contribution in [0.4, 0.5) is 0 Å². The van der Waals surface area contributed by atoms with E-state index in [-0.39, 0.29) is 17.7 Å². The molecule has 0 bridgehead atoms. The molecule has 0 aliphatic carbocycles. The molecule has 3 rings (SSSR count). The minimum atomic E-state index is -0.0113. The van der Waals surface area contributed by atoms with Gasteiger partial charge in [-0.1, -0.05) is 24.3 Å². The molecule has 1 atom stereocenters. The molecule has 1 amide bonds. The van der Waals surface area contributed by atoms with Crippen molar-refractivity contribution in [1.29, 1.82) is 0 Å². The molecule has 5 heteroatoms. The Labute approximate surface area is 154 Å². The zero-order valence-corrected chi connectivity index (χ0v) is 15.1. The average Bonchev–Trinajstić information content (AvgIpc) is 3.18. The normalized spacial score (nSPS) is 15.6. The first-order chi connectivity index (χ1) is 12.7. The van der Waals surface area contributed by atoms with Crippen molar-refractivity contribution in [2.45, 2.75) is 25.3 Å². The van der Waals surface area contributed by atoms with Gasteiger partial charge in [-0.2, -0.15) is 0 Å². The fraction of sp³-hybridized carbons (Fsp3) is 0.381. The number of hydrogen-bond donors (Lipinski definition) is 2. The number of nitrogens with zero attached hydrogens (tertiary/aromatic N) is 1. The van der Waals surface area contributed by atoms with Gasteiger partial charge in [-0.05, 0) is 61.3 Å². The van der Waals surface area contributed by atoms with Crippen molar-refractivity contribution in [2.75, 3.05) is 26.7 Å². The van der Waals surface area contributed by atoms with Crippen LogP contribution in [0.25, 0.3) is 0 Å². The number of carbonyl (C=O) groups is 1. The molecule has 1 aliphatic heterocycles. The fourth-order valence-electron chi connectivity index (χ4n) is 3.43. The highest BCUT2D eigenvalue weighted by atomic mass is 16.5. The van der Waals surface area contributed by atoms with Crippen LogP contribution in [0.1, 0.15) is 30.0 Å². The van der Waals surface area contributed by atoms with Crippen molar-refractivity contribution >= 4 is 5.91 Å². The second-order valence-corrected chi connectivity index (χ2v) is 6.68. The van der Waals surface area contributed by atoms with Crippen LogP contribution < -0.4 is 10.1 Å². The number of ether oxygens (including phenoxy) is 1. The van der Waals surface area contributed by atoms with Gasteiger partial charge < -0.3 is 15.2 Å². The summed E-state index contributed by atoms with van der Waals surface area (Å²) in [5.41, 5.74) is 2.05. The van der Waals surface area contributed by atoms with Gasteiger partial charge in [-0.25, -0.2) is 0 Å². The van der Waals surface area contributed by atoms with E-state index in [1.165, 1.54) is 12.8 Å². The van der Waals surface area contributed by atoms with Crippen LogP contribution in [0.2, 0.25) is 0 Å². The summed E-state index contributed by atoms with van der Waals surface area (Å²) in [7, 11) is 1.67. The van der Waals surface area contributed by atoms with Crippen LogP contribution in [0.3, 0.4) is 0 Å². The Morgan fingerprint density at radius 3 is 2.62 bits per heavy atom. The number of nitrogens with one attached hydrogen (secondary N) is 1. The van der Waals surface area contributed by atoms with E-state index in [0.29, 0.717) is 13.0 Å². The third kappa shape index (κ3) is 4.76. The molecule has 138 valence electrons. The lowest BCUT2D eigenvalue weighted by Gasteiger charge is -2.28. The highest BCUT2D eigenvalue weighted by Crippen LogP contribution is 2.27. The molecule has 1 fully saturated rings. The zero-order chi connectivity index (χ0) is 18.4. The first kappa shape index (κ1) is 18.3. The van der Waals surface area contributed by atoms with Crippen LogP contribution >= 0.6 is 0 Å². The summed E-state index contributed by atoms with van der Waals surface area (Å²) in [6.07, 6.45) is 2.70. The van der Waals surface area contributed by atoms with Crippen molar-refractivity contribution < 1.29 is 14.6 Å². The SMILES string of the molecule is COc1cccc(C(CNC(=O)Cc2ccc(O)cc2)N2CCCC2)c1. The number of aromatic hydroxyl groups is 1. The second kappa shape index (κ2) is 8.72. The van der Waals surface area contributed by atoms with E-state index in [1.54, 1.807) is 31.4 Å². The lowest BCUT2D eigenvalue weighted by molar-refractivity contribution is -0.120. The average molecular weight is 354 g/mol. The molecule has 1 heterocycles. The number of hydrogen-bond acceptors (Lipinski definition) is 4. The third-order valence-electron chi connectivity index (χ3n) is 4.85. The molecule has 1 aliphatic rings. The molecule has 0 spiro atoms. The number of methoxy groups -OCH3 is 1. The summed E-state index contributed by atoms with van der Waals surface area (Å²) in [6.45, 7) is 2.68. The summed E-state index contributed by atoms with van der Waals surface area (Å²) in [5, 5.41) is 12.4. The van der Waals surface area contributed by atoms with Gasteiger partial charge in [0.05, 0.1) is 19.6 Å². The Balaban J connectivity index is 1.65. The van der Waals surface area contributed by atoms with Crippen molar-refractivity contribution in [3.05, 3.63) is 59.7 Å². The molecule has 2 aromatic rings. The molecule has 1 unspecified atom stereocenters. The fourth-order valence-corrected chi connectivity index (χ4v) is 3.43. The monoisotopic (exact) mass is 354 g/mol. The molecule has 2 aromatic carbocycles. The van der Waals surface area contributed by atoms with Crippen LogP contribution in [0, 0.1) is 0 Å². The molecular formula is C21H26N2O3. The quantitative estimate of drug-likeness (QED) is 0.803. The number of amides is 1. The van der Waals surface area contributed by atoms with Crippen LogP contribution in [0.5, 0.6) is 11.5 Å².